The lowest BCUT2D eigenvalue weighted by Crippen LogP contribution is -2.48. The molecule has 0 radical (unpaired) electrons. The highest BCUT2D eigenvalue weighted by molar-refractivity contribution is 5.92. The van der Waals surface area contributed by atoms with Crippen LogP contribution in [-0.4, -0.2) is 48.0 Å². The summed E-state index contributed by atoms with van der Waals surface area (Å²) in [7, 11) is 0. The van der Waals surface area contributed by atoms with Gasteiger partial charge in [0.1, 0.15) is 0 Å². The van der Waals surface area contributed by atoms with E-state index in [1.165, 1.54) is 19.3 Å². The largest absolute Gasteiger partial charge is 0.353 e. The fraction of sp³-hybridized carbons (Fsp3) is 0.625. The molecular weight excluding hydrogens is 406 g/mol. The van der Waals surface area contributed by atoms with Crippen molar-refractivity contribution in [3.05, 3.63) is 24.3 Å². The molecule has 8 nitrogen and oxygen atoms in total. The number of nitrogens with one attached hydrogen (secondary N) is 4. The molecule has 176 valence electrons. The van der Waals surface area contributed by atoms with E-state index in [4.69, 9.17) is 0 Å². The molecule has 2 unspecified atom stereocenters. The van der Waals surface area contributed by atoms with Crippen LogP contribution in [0.15, 0.2) is 24.3 Å². The number of nitrogens with zero attached hydrogens (tertiary/aromatic N) is 1. The lowest BCUT2D eigenvalue weighted by atomic mass is 9.93. The minimum Gasteiger partial charge on any atom is -0.353 e. The van der Waals surface area contributed by atoms with E-state index in [0.29, 0.717) is 30.5 Å². The zero-order valence-electron chi connectivity index (χ0n) is 19.3. The van der Waals surface area contributed by atoms with Crippen LogP contribution in [0, 0.1) is 5.92 Å². The summed E-state index contributed by atoms with van der Waals surface area (Å²) in [5.74, 6) is -0.0625. The number of urea groups is 2. The number of benzene rings is 1. The Morgan fingerprint density at radius 2 is 1.62 bits per heavy atom. The van der Waals surface area contributed by atoms with Gasteiger partial charge in [-0.25, -0.2) is 9.59 Å². The summed E-state index contributed by atoms with van der Waals surface area (Å²) in [4.78, 5) is 39.1. The maximum atomic E-state index is 12.7. The van der Waals surface area contributed by atoms with Gasteiger partial charge in [-0.05, 0) is 63.3 Å². The van der Waals surface area contributed by atoms with Crippen LogP contribution >= 0.6 is 0 Å². The van der Waals surface area contributed by atoms with E-state index < -0.39 is 0 Å². The lowest BCUT2D eigenvalue weighted by Gasteiger charge is -2.33. The van der Waals surface area contributed by atoms with E-state index in [2.05, 4.69) is 21.3 Å². The van der Waals surface area contributed by atoms with Crippen molar-refractivity contribution in [1.82, 2.24) is 15.5 Å². The van der Waals surface area contributed by atoms with Crippen molar-refractivity contribution in [2.24, 2.45) is 5.92 Å². The first-order valence-corrected chi connectivity index (χ1v) is 12.0. The fourth-order valence-corrected chi connectivity index (χ4v) is 4.27. The summed E-state index contributed by atoms with van der Waals surface area (Å²) in [6.45, 7) is 5.05. The van der Waals surface area contributed by atoms with Gasteiger partial charge in [-0.1, -0.05) is 26.2 Å². The van der Waals surface area contributed by atoms with Gasteiger partial charge in [0.15, 0.2) is 0 Å². The van der Waals surface area contributed by atoms with Gasteiger partial charge < -0.3 is 26.2 Å². The molecular formula is C24H37N5O3. The van der Waals surface area contributed by atoms with Crippen LogP contribution in [0.25, 0.3) is 0 Å². The van der Waals surface area contributed by atoms with Gasteiger partial charge in [0.2, 0.25) is 5.91 Å². The van der Waals surface area contributed by atoms with Crippen LogP contribution in [0.4, 0.5) is 21.0 Å². The molecule has 8 heteroatoms. The number of piperidine rings is 1. The van der Waals surface area contributed by atoms with Gasteiger partial charge in [0.05, 0.1) is 5.92 Å². The number of anilines is 2. The predicted molar refractivity (Wildman–Crippen MR) is 127 cm³/mol. The Bertz CT molecular complexity index is 776. The highest BCUT2D eigenvalue weighted by Crippen LogP contribution is 2.22. The van der Waals surface area contributed by atoms with Gasteiger partial charge in [0, 0.05) is 36.5 Å². The minimum atomic E-state index is -0.248. The maximum absolute atomic E-state index is 12.7. The average molecular weight is 444 g/mol. The minimum absolute atomic E-state index is 0.0838. The van der Waals surface area contributed by atoms with E-state index in [9.17, 15) is 14.4 Å². The second kappa shape index (κ2) is 11.7. The SMILES string of the molecule is CCC(C)NC(=O)Nc1ccc(NC(=O)N2CCCC(C(=O)NC3CCCCC3)C2)cc1. The third-order valence-corrected chi connectivity index (χ3v) is 6.41. The van der Waals surface area contributed by atoms with Gasteiger partial charge in [-0.15, -0.1) is 0 Å². The third kappa shape index (κ3) is 7.14. The topological polar surface area (TPSA) is 103 Å². The van der Waals surface area contributed by atoms with Crippen molar-refractivity contribution in [3.63, 3.8) is 0 Å². The number of rotatable bonds is 6. The molecule has 32 heavy (non-hydrogen) atoms. The van der Waals surface area contributed by atoms with E-state index in [-0.39, 0.29) is 29.9 Å². The molecule has 1 aliphatic heterocycles. The van der Waals surface area contributed by atoms with Crippen LogP contribution in [0.1, 0.15) is 65.2 Å². The molecule has 0 bridgehead atoms. The van der Waals surface area contributed by atoms with Gasteiger partial charge in [-0.2, -0.15) is 0 Å². The normalized spacial score (nSPS) is 20.2. The van der Waals surface area contributed by atoms with Crippen molar-refractivity contribution in [2.45, 2.75) is 77.3 Å². The zero-order chi connectivity index (χ0) is 22.9. The average Bonchev–Trinajstić information content (AvgIpc) is 2.81. The molecule has 1 saturated heterocycles. The Hall–Kier alpha value is -2.77. The summed E-state index contributed by atoms with van der Waals surface area (Å²) in [6.07, 6.45) is 8.25. The molecule has 2 fully saturated rings. The van der Waals surface area contributed by atoms with Crippen LogP contribution in [0.3, 0.4) is 0 Å². The molecule has 0 spiro atoms. The number of hydrogen-bond donors (Lipinski definition) is 4. The smallest absolute Gasteiger partial charge is 0.321 e. The number of likely N-dealkylation sites (tertiary alicyclic amines) is 1. The quantitative estimate of drug-likeness (QED) is 0.527. The summed E-state index contributed by atoms with van der Waals surface area (Å²) >= 11 is 0. The van der Waals surface area contributed by atoms with Crippen molar-refractivity contribution in [2.75, 3.05) is 23.7 Å². The molecule has 5 amide bonds. The van der Waals surface area contributed by atoms with Crippen LogP contribution in [0.2, 0.25) is 0 Å². The summed E-state index contributed by atoms with van der Waals surface area (Å²) in [6, 6.07) is 6.97. The third-order valence-electron chi connectivity index (χ3n) is 6.41. The van der Waals surface area contributed by atoms with Crippen LogP contribution in [0.5, 0.6) is 0 Å². The van der Waals surface area contributed by atoms with Gasteiger partial charge in [-0.3, -0.25) is 4.79 Å². The molecule has 1 aliphatic carbocycles. The fourth-order valence-electron chi connectivity index (χ4n) is 4.27. The monoisotopic (exact) mass is 443 g/mol. The zero-order valence-corrected chi connectivity index (χ0v) is 19.3. The van der Waals surface area contributed by atoms with E-state index in [0.717, 1.165) is 32.1 Å². The van der Waals surface area contributed by atoms with Crippen molar-refractivity contribution in [1.29, 1.82) is 0 Å². The Kier molecular flexibility index (Phi) is 8.76. The molecule has 1 heterocycles. The molecule has 1 saturated carbocycles. The van der Waals surface area contributed by atoms with Gasteiger partial charge in [0.25, 0.3) is 0 Å². The predicted octanol–water partition coefficient (Wildman–Crippen LogP) is 4.30. The highest BCUT2D eigenvalue weighted by Gasteiger charge is 2.29. The van der Waals surface area contributed by atoms with E-state index >= 15 is 0 Å². The van der Waals surface area contributed by atoms with E-state index in [1.54, 1.807) is 29.2 Å². The second-order valence-electron chi connectivity index (χ2n) is 9.04. The van der Waals surface area contributed by atoms with Crippen LogP contribution in [-0.2, 0) is 4.79 Å². The van der Waals surface area contributed by atoms with Gasteiger partial charge >= 0.3 is 12.1 Å². The van der Waals surface area contributed by atoms with Crippen LogP contribution < -0.4 is 21.3 Å². The first kappa shape index (κ1) is 23.9. The molecule has 1 aromatic carbocycles. The number of carbonyl (C=O) groups is 3. The summed E-state index contributed by atoms with van der Waals surface area (Å²) < 4.78 is 0. The first-order valence-electron chi connectivity index (χ1n) is 12.0. The number of hydrogen-bond acceptors (Lipinski definition) is 3. The molecule has 2 aliphatic rings. The second-order valence-corrected chi connectivity index (χ2v) is 9.04. The molecule has 1 aromatic rings. The summed E-state index contributed by atoms with van der Waals surface area (Å²) in [5.41, 5.74) is 1.30. The summed E-state index contributed by atoms with van der Waals surface area (Å²) in [5, 5.41) is 11.7. The van der Waals surface area contributed by atoms with Crippen molar-refractivity contribution < 1.29 is 14.4 Å². The Labute approximate surface area is 190 Å². The van der Waals surface area contributed by atoms with Crippen molar-refractivity contribution in [3.8, 4) is 0 Å². The molecule has 2 atom stereocenters. The Morgan fingerprint density at radius 3 is 2.28 bits per heavy atom. The van der Waals surface area contributed by atoms with E-state index in [1.807, 2.05) is 13.8 Å². The number of carbonyl (C=O) groups excluding carboxylic acids is 3. The van der Waals surface area contributed by atoms with Crippen molar-refractivity contribution >= 4 is 29.3 Å². The first-order chi connectivity index (χ1) is 15.4. The molecule has 4 N–H and O–H groups in total. The highest BCUT2D eigenvalue weighted by atomic mass is 16.2. The maximum Gasteiger partial charge on any atom is 0.321 e. The Balaban J connectivity index is 1.47. The number of amides is 5. The lowest BCUT2D eigenvalue weighted by molar-refractivity contribution is -0.127. The molecule has 0 aromatic heterocycles. The standard InChI is InChI=1S/C24H37N5O3/c1-3-17(2)25-23(31)27-20-11-13-21(14-12-20)28-24(32)29-15-7-8-18(16-29)22(30)26-19-9-5-4-6-10-19/h11-14,17-19H,3-10,15-16H2,1-2H3,(H,26,30)(H,28,32)(H2,25,27,31). The Morgan fingerprint density at radius 1 is 0.969 bits per heavy atom. The molecule has 3 rings (SSSR count).